The highest BCUT2D eigenvalue weighted by Crippen LogP contribution is 2.28. The summed E-state index contributed by atoms with van der Waals surface area (Å²) in [6.45, 7) is 2.86. The van der Waals surface area contributed by atoms with Gasteiger partial charge < -0.3 is 19.7 Å². The molecule has 1 N–H and O–H groups in total. The summed E-state index contributed by atoms with van der Waals surface area (Å²) in [5, 5.41) is 2.93. The number of hydrogen-bond acceptors (Lipinski definition) is 4. The third kappa shape index (κ3) is 4.27. The van der Waals surface area contributed by atoms with Crippen molar-refractivity contribution in [3.8, 4) is 11.5 Å². The van der Waals surface area contributed by atoms with Gasteiger partial charge in [0.05, 0.1) is 20.1 Å². The van der Waals surface area contributed by atoms with E-state index in [4.69, 9.17) is 9.47 Å². The predicted octanol–water partition coefficient (Wildman–Crippen LogP) is 2.94. The molecule has 1 aliphatic heterocycles. The second-order valence-corrected chi connectivity index (χ2v) is 6.84. The van der Waals surface area contributed by atoms with Gasteiger partial charge in [-0.2, -0.15) is 0 Å². The fourth-order valence-electron chi connectivity index (χ4n) is 3.40. The normalized spacial score (nSPS) is 16.2. The molecule has 0 unspecified atom stereocenters. The van der Waals surface area contributed by atoms with Gasteiger partial charge in [0.25, 0.3) is 0 Å². The maximum Gasteiger partial charge on any atom is 0.227 e. The highest BCUT2D eigenvalue weighted by Gasteiger charge is 2.35. The summed E-state index contributed by atoms with van der Waals surface area (Å²) >= 11 is 0. The summed E-state index contributed by atoms with van der Waals surface area (Å²) in [6.07, 6.45) is 1.14. The van der Waals surface area contributed by atoms with Crippen LogP contribution in [0.15, 0.2) is 42.5 Å². The van der Waals surface area contributed by atoms with Crippen molar-refractivity contribution in [3.05, 3.63) is 53.6 Å². The van der Waals surface area contributed by atoms with Crippen LogP contribution >= 0.6 is 0 Å². The molecule has 3 rings (SSSR count). The van der Waals surface area contributed by atoms with Crippen molar-refractivity contribution in [1.29, 1.82) is 0 Å². The van der Waals surface area contributed by atoms with Gasteiger partial charge in [0.2, 0.25) is 11.8 Å². The maximum absolute atomic E-state index is 12.6. The molecule has 1 atom stereocenters. The first-order chi connectivity index (χ1) is 13.5. The van der Waals surface area contributed by atoms with Gasteiger partial charge in [0, 0.05) is 25.2 Å². The SMILES string of the molecule is CCc1cccc(N2C[C@H](C(=O)NCc3ccc(OC)c(OC)c3)CC2=O)c1. The van der Waals surface area contributed by atoms with Crippen LogP contribution in [-0.4, -0.2) is 32.6 Å². The Balaban J connectivity index is 1.62. The van der Waals surface area contributed by atoms with Gasteiger partial charge in [-0.3, -0.25) is 9.59 Å². The van der Waals surface area contributed by atoms with E-state index >= 15 is 0 Å². The molecule has 1 fully saturated rings. The molecule has 2 aromatic rings. The molecular weight excluding hydrogens is 356 g/mol. The van der Waals surface area contributed by atoms with Crippen LogP contribution in [0.4, 0.5) is 5.69 Å². The molecule has 0 aliphatic carbocycles. The second-order valence-electron chi connectivity index (χ2n) is 6.84. The average Bonchev–Trinajstić information content (AvgIpc) is 3.13. The third-order valence-electron chi connectivity index (χ3n) is 5.04. The highest BCUT2D eigenvalue weighted by atomic mass is 16.5. The number of aryl methyl sites for hydroxylation is 1. The average molecular weight is 382 g/mol. The lowest BCUT2D eigenvalue weighted by molar-refractivity contribution is -0.126. The Bertz CT molecular complexity index is 865. The minimum atomic E-state index is -0.349. The first-order valence-electron chi connectivity index (χ1n) is 9.43. The number of ether oxygens (including phenoxy) is 2. The molecule has 1 heterocycles. The van der Waals surface area contributed by atoms with Crippen LogP contribution in [-0.2, 0) is 22.6 Å². The Morgan fingerprint density at radius 3 is 2.61 bits per heavy atom. The number of nitrogens with one attached hydrogen (secondary N) is 1. The van der Waals surface area contributed by atoms with Crippen molar-refractivity contribution in [3.63, 3.8) is 0 Å². The lowest BCUT2D eigenvalue weighted by Gasteiger charge is -2.17. The van der Waals surface area contributed by atoms with Crippen molar-refractivity contribution in [1.82, 2.24) is 5.32 Å². The molecule has 2 aromatic carbocycles. The summed E-state index contributed by atoms with van der Waals surface area (Å²) in [7, 11) is 3.16. The number of amides is 2. The number of nitrogens with zero attached hydrogens (tertiary/aromatic N) is 1. The fraction of sp³-hybridized carbons (Fsp3) is 0.364. The monoisotopic (exact) mass is 382 g/mol. The predicted molar refractivity (Wildman–Crippen MR) is 108 cm³/mol. The molecule has 1 saturated heterocycles. The summed E-state index contributed by atoms with van der Waals surface area (Å²) < 4.78 is 10.5. The zero-order valence-electron chi connectivity index (χ0n) is 16.5. The largest absolute Gasteiger partial charge is 0.493 e. The van der Waals surface area contributed by atoms with Crippen LogP contribution in [0.1, 0.15) is 24.5 Å². The molecule has 28 heavy (non-hydrogen) atoms. The Morgan fingerprint density at radius 2 is 1.89 bits per heavy atom. The van der Waals surface area contributed by atoms with Crippen LogP contribution in [0.5, 0.6) is 11.5 Å². The molecular formula is C22H26N2O4. The standard InChI is InChI=1S/C22H26N2O4/c1-4-15-6-5-7-18(10-15)24-14-17(12-21(24)25)22(26)23-13-16-8-9-19(27-2)20(11-16)28-3/h5-11,17H,4,12-14H2,1-3H3,(H,23,26)/t17-/m1/s1. The minimum absolute atomic E-state index is 0.0143. The summed E-state index contributed by atoms with van der Waals surface area (Å²) in [5.74, 6) is 0.783. The Labute approximate surface area is 165 Å². The van der Waals surface area contributed by atoms with Crippen molar-refractivity contribution >= 4 is 17.5 Å². The van der Waals surface area contributed by atoms with Crippen molar-refractivity contribution in [2.45, 2.75) is 26.3 Å². The Morgan fingerprint density at radius 1 is 1.11 bits per heavy atom. The quantitative estimate of drug-likeness (QED) is 0.800. The number of carbonyl (C=O) groups is 2. The van der Waals surface area contributed by atoms with E-state index in [1.54, 1.807) is 19.1 Å². The van der Waals surface area contributed by atoms with Crippen molar-refractivity contribution in [2.75, 3.05) is 25.7 Å². The molecule has 0 aromatic heterocycles. The van der Waals surface area contributed by atoms with Gasteiger partial charge in [-0.05, 0) is 41.8 Å². The zero-order chi connectivity index (χ0) is 20.1. The number of rotatable bonds is 7. The first-order valence-corrected chi connectivity index (χ1v) is 9.43. The van der Waals surface area contributed by atoms with Gasteiger partial charge in [-0.15, -0.1) is 0 Å². The van der Waals surface area contributed by atoms with E-state index in [9.17, 15) is 9.59 Å². The van der Waals surface area contributed by atoms with Crippen molar-refractivity contribution < 1.29 is 19.1 Å². The molecule has 2 amide bonds. The van der Waals surface area contributed by atoms with E-state index in [0.29, 0.717) is 24.6 Å². The van der Waals surface area contributed by atoms with Crippen LogP contribution in [0.3, 0.4) is 0 Å². The molecule has 0 spiro atoms. The van der Waals surface area contributed by atoms with Crippen LogP contribution < -0.4 is 19.7 Å². The Hall–Kier alpha value is -3.02. The molecule has 6 heteroatoms. The lowest BCUT2D eigenvalue weighted by Crippen LogP contribution is -2.32. The van der Waals surface area contributed by atoms with Crippen LogP contribution in [0.25, 0.3) is 0 Å². The summed E-state index contributed by atoms with van der Waals surface area (Å²) in [5.41, 5.74) is 2.94. The van der Waals surface area contributed by atoms with Gasteiger partial charge in [0.15, 0.2) is 11.5 Å². The van der Waals surface area contributed by atoms with Crippen LogP contribution in [0, 0.1) is 5.92 Å². The maximum atomic E-state index is 12.6. The van der Waals surface area contributed by atoms with Crippen LogP contribution in [0.2, 0.25) is 0 Å². The summed E-state index contributed by atoms with van der Waals surface area (Å²) in [6, 6.07) is 13.4. The lowest BCUT2D eigenvalue weighted by atomic mass is 10.1. The third-order valence-corrected chi connectivity index (χ3v) is 5.04. The molecule has 1 aliphatic rings. The van der Waals surface area contributed by atoms with Crippen molar-refractivity contribution in [2.24, 2.45) is 5.92 Å². The highest BCUT2D eigenvalue weighted by molar-refractivity contribution is 6.00. The van der Waals surface area contributed by atoms with E-state index in [1.807, 2.05) is 42.5 Å². The molecule has 0 bridgehead atoms. The molecule has 6 nitrogen and oxygen atoms in total. The first kappa shape index (κ1) is 19.7. The smallest absolute Gasteiger partial charge is 0.227 e. The molecule has 148 valence electrons. The van der Waals surface area contributed by atoms with E-state index in [-0.39, 0.29) is 24.2 Å². The number of carbonyl (C=O) groups excluding carboxylic acids is 2. The van der Waals surface area contributed by atoms with E-state index in [1.165, 1.54) is 5.56 Å². The second kappa shape index (κ2) is 8.78. The van der Waals surface area contributed by atoms with E-state index in [2.05, 4.69) is 12.2 Å². The number of benzene rings is 2. The number of hydrogen-bond donors (Lipinski definition) is 1. The number of anilines is 1. The number of methoxy groups -OCH3 is 2. The summed E-state index contributed by atoms with van der Waals surface area (Å²) in [4.78, 5) is 26.7. The topological polar surface area (TPSA) is 67.9 Å². The van der Waals surface area contributed by atoms with E-state index in [0.717, 1.165) is 17.7 Å². The molecule has 0 saturated carbocycles. The van der Waals surface area contributed by atoms with Gasteiger partial charge in [-0.25, -0.2) is 0 Å². The minimum Gasteiger partial charge on any atom is -0.493 e. The molecule has 0 radical (unpaired) electrons. The Kier molecular flexibility index (Phi) is 6.19. The zero-order valence-corrected chi connectivity index (χ0v) is 16.5. The van der Waals surface area contributed by atoms with Gasteiger partial charge >= 0.3 is 0 Å². The van der Waals surface area contributed by atoms with Gasteiger partial charge in [-0.1, -0.05) is 25.1 Å². The van der Waals surface area contributed by atoms with Gasteiger partial charge in [0.1, 0.15) is 0 Å². The fourth-order valence-corrected chi connectivity index (χ4v) is 3.40. The van der Waals surface area contributed by atoms with E-state index < -0.39 is 0 Å².